The Balaban J connectivity index is 1.76. The Hall–Kier alpha value is -2.63. The second kappa shape index (κ2) is 10.4. The summed E-state index contributed by atoms with van der Waals surface area (Å²) in [5.41, 5.74) is 2.57. The molecule has 0 spiro atoms. The van der Waals surface area contributed by atoms with Gasteiger partial charge in [-0.2, -0.15) is 0 Å². The quantitative estimate of drug-likeness (QED) is 0.471. The van der Waals surface area contributed by atoms with Gasteiger partial charge in [0.1, 0.15) is 5.82 Å². The van der Waals surface area contributed by atoms with Crippen LogP contribution < -0.4 is 15.5 Å². The predicted octanol–water partition coefficient (Wildman–Crippen LogP) is 5.07. The molecule has 0 bridgehead atoms. The maximum atomic E-state index is 12.7. The number of pyridine rings is 1. The van der Waals surface area contributed by atoms with E-state index in [4.69, 9.17) is 16.6 Å². The van der Waals surface area contributed by atoms with Crippen molar-refractivity contribution in [1.82, 2.24) is 10.3 Å². The molecule has 6 heteroatoms. The molecule has 0 aliphatic rings. The van der Waals surface area contributed by atoms with E-state index in [9.17, 15) is 4.79 Å². The molecule has 30 heavy (non-hydrogen) atoms. The SMILES string of the molecule is CNCCCN(C)c1ccc2c(NC(=O)C[C@@H](C)c3ccccc3)c(Cl)ccc2n1. The monoisotopic (exact) mass is 424 g/mol. The number of hydrogen-bond acceptors (Lipinski definition) is 4. The molecule has 3 aromatic rings. The summed E-state index contributed by atoms with van der Waals surface area (Å²) >= 11 is 6.43. The van der Waals surface area contributed by atoms with Gasteiger partial charge in [0.25, 0.3) is 0 Å². The van der Waals surface area contributed by atoms with Gasteiger partial charge in [0.05, 0.1) is 16.2 Å². The van der Waals surface area contributed by atoms with Gasteiger partial charge in [0, 0.05) is 25.4 Å². The standard InChI is InChI=1S/C24H29ClN4O/c1-17(18-8-5-4-6-9-18)16-23(30)28-24-19-10-13-22(29(3)15-7-14-26-2)27-21(19)12-11-20(24)25/h4-6,8-13,17,26H,7,14-16H2,1-3H3,(H,28,30)/t17-/m1/s1. The fourth-order valence-electron chi connectivity index (χ4n) is 3.48. The second-order valence-electron chi connectivity index (χ2n) is 7.60. The fourth-order valence-corrected chi connectivity index (χ4v) is 3.69. The molecule has 0 radical (unpaired) electrons. The molecule has 2 N–H and O–H groups in total. The maximum Gasteiger partial charge on any atom is 0.225 e. The lowest BCUT2D eigenvalue weighted by Crippen LogP contribution is -2.23. The molecule has 0 aliphatic heterocycles. The summed E-state index contributed by atoms with van der Waals surface area (Å²) in [6.07, 6.45) is 1.42. The summed E-state index contributed by atoms with van der Waals surface area (Å²) in [4.78, 5) is 19.6. The van der Waals surface area contributed by atoms with E-state index in [1.807, 2.05) is 62.6 Å². The number of benzene rings is 2. The van der Waals surface area contributed by atoms with Crippen molar-refractivity contribution in [1.29, 1.82) is 0 Å². The highest BCUT2D eigenvalue weighted by molar-refractivity contribution is 6.35. The highest BCUT2D eigenvalue weighted by Gasteiger charge is 2.15. The van der Waals surface area contributed by atoms with Crippen LogP contribution in [0.5, 0.6) is 0 Å². The van der Waals surface area contributed by atoms with Crippen molar-refractivity contribution in [2.75, 3.05) is 37.4 Å². The van der Waals surface area contributed by atoms with E-state index < -0.39 is 0 Å². The summed E-state index contributed by atoms with van der Waals surface area (Å²) in [5, 5.41) is 7.53. The largest absolute Gasteiger partial charge is 0.360 e. The normalized spacial score (nSPS) is 12.0. The number of nitrogens with one attached hydrogen (secondary N) is 2. The minimum absolute atomic E-state index is 0.0611. The molecule has 1 aromatic heterocycles. The number of fused-ring (bicyclic) bond motifs is 1. The number of carbonyl (C=O) groups is 1. The molecule has 5 nitrogen and oxygen atoms in total. The van der Waals surface area contributed by atoms with E-state index in [1.165, 1.54) is 0 Å². The lowest BCUT2D eigenvalue weighted by molar-refractivity contribution is -0.116. The summed E-state index contributed by atoms with van der Waals surface area (Å²) in [5.74, 6) is 0.959. The van der Waals surface area contributed by atoms with Gasteiger partial charge >= 0.3 is 0 Å². The average molecular weight is 425 g/mol. The number of amides is 1. The third-order valence-corrected chi connectivity index (χ3v) is 5.56. The number of aromatic nitrogens is 1. The number of rotatable bonds is 9. The maximum absolute atomic E-state index is 12.7. The van der Waals surface area contributed by atoms with Crippen molar-refractivity contribution in [3.8, 4) is 0 Å². The topological polar surface area (TPSA) is 57.3 Å². The Morgan fingerprint density at radius 2 is 1.90 bits per heavy atom. The van der Waals surface area contributed by atoms with Crippen molar-refractivity contribution in [2.24, 2.45) is 0 Å². The third kappa shape index (κ3) is 5.49. The van der Waals surface area contributed by atoms with Crippen molar-refractivity contribution in [3.05, 3.63) is 65.2 Å². The molecular weight excluding hydrogens is 396 g/mol. The molecule has 1 atom stereocenters. The lowest BCUT2D eigenvalue weighted by atomic mass is 9.97. The first-order valence-corrected chi connectivity index (χ1v) is 10.7. The summed E-state index contributed by atoms with van der Waals surface area (Å²) in [6, 6.07) is 17.7. The zero-order valence-electron chi connectivity index (χ0n) is 17.8. The van der Waals surface area contributed by atoms with E-state index in [2.05, 4.69) is 22.5 Å². The van der Waals surface area contributed by atoms with Gasteiger partial charge in [-0.1, -0.05) is 48.9 Å². The van der Waals surface area contributed by atoms with Gasteiger partial charge in [0.15, 0.2) is 0 Å². The van der Waals surface area contributed by atoms with Crippen molar-refractivity contribution in [2.45, 2.75) is 25.7 Å². The Morgan fingerprint density at radius 1 is 1.13 bits per heavy atom. The van der Waals surface area contributed by atoms with Crippen LogP contribution in [0.2, 0.25) is 5.02 Å². The van der Waals surface area contributed by atoms with Crippen molar-refractivity contribution < 1.29 is 4.79 Å². The highest BCUT2D eigenvalue weighted by Crippen LogP contribution is 2.32. The number of hydrogen-bond donors (Lipinski definition) is 2. The lowest BCUT2D eigenvalue weighted by Gasteiger charge is -2.19. The van der Waals surface area contributed by atoms with Crippen LogP contribution in [0.25, 0.3) is 10.9 Å². The van der Waals surface area contributed by atoms with Gasteiger partial charge < -0.3 is 15.5 Å². The number of anilines is 2. The van der Waals surface area contributed by atoms with E-state index in [0.717, 1.165) is 41.8 Å². The van der Waals surface area contributed by atoms with Gasteiger partial charge in [-0.15, -0.1) is 0 Å². The van der Waals surface area contributed by atoms with Crippen LogP contribution in [0.3, 0.4) is 0 Å². The zero-order chi connectivity index (χ0) is 21.5. The predicted molar refractivity (Wildman–Crippen MR) is 127 cm³/mol. The van der Waals surface area contributed by atoms with Crippen molar-refractivity contribution in [3.63, 3.8) is 0 Å². The first kappa shape index (κ1) is 22.1. The Kier molecular flexibility index (Phi) is 7.66. The van der Waals surface area contributed by atoms with E-state index in [-0.39, 0.29) is 11.8 Å². The zero-order valence-corrected chi connectivity index (χ0v) is 18.5. The van der Waals surface area contributed by atoms with Crippen LogP contribution in [-0.4, -0.2) is 38.1 Å². The molecule has 0 saturated heterocycles. The minimum atomic E-state index is -0.0611. The highest BCUT2D eigenvalue weighted by atomic mass is 35.5. The molecule has 2 aromatic carbocycles. The summed E-state index contributed by atoms with van der Waals surface area (Å²) < 4.78 is 0. The molecule has 0 aliphatic carbocycles. The van der Waals surface area contributed by atoms with E-state index in [0.29, 0.717) is 17.1 Å². The number of nitrogens with zero attached hydrogens (tertiary/aromatic N) is 2. The first-order chi connectivity index (χ1) is 14.5. The van der Waals surface area contributed by atoms with Gasteiger partial charge in [-0.25, -0.2) is 4.98 Å². The van der Waals surface area contributed by atoms with Crippen LogP contribution in [0.15, 0.2) is 54.6 Å². The second-order valence-corrected chi connectivity index (χ2v) is 8.01. The van der Waals surface area contributed by atoms with Gasteiger partial charge in [-0.05, 0) is 55.8 Å². The Labute approximate surface area is 183 Å². The molecule has 0 fully saturated rings. The van der Waals surface area contributed by atoms with Gasteiger partial charge in [-0.3, -0.25) is 4.79 Å². The number of halogens is 1. The smallest absolute Gasteiger partial charge is 0.225 e. The van der Waals surface area contributed by atoms with Crippen LogP contribution in [0.4, 0.5) is 11.5 Å². The molecule has 0 unspecified atom stereocenters. The van der Waals surface area contributed by atoms with Crippen molar-refractivity contribution >= 4 is 39.9 Å². The van der Waals surface area contributed by atoms with Crippen LogP contribution in [-0.2, 0) is 4.79 Å². The molecule has 158 valence electrons. The van der Waals surface area contributed by atoms with E-state index in [1.54, 1.807) is 6.07 Å². The molecule has 1 heterocycles. The van der Waals surface area contributed by atoms with Crippen LogP contribution in [0, 0.1) is 0 Å². The summed E-state index contributed by atoms with van der Waals surface area (Å²) in [6.45, 7) is 3.93. The third-order valence-electron chi connectivity index (χ3n) is 5.24. The first-order valence-electron chi connectivity index (χ1n) is 10.3. The summed E-state index contributed by atoms with van der Waals surface area (Å²) in [7, 11) is 3.99. The average Bonchev–Trinajstić information content (AvgIpc) is 2.76. The minimum Gasteiger partial charge on any atom is -0.360 e. The van der Waals surface area contributed by atoms with Crippen LogP contribution in [0.1, 0.15) is 31.2 Å². The molecule has 3 rings (SSSR count). The molecular formula is C24H29ClN4O. The molecule has 0 saturated carbocycles. The van der Waals surface area contributed by atoms with E-state index >= 15 is 0 Å². The number of carbonyl (C=O) groups excluding carboxylic acids is 1. The Bertz CT molecular complexity index is 993. The Morgan fingerprint density at radius 3 is 2.63 bits per heavy atom. The molecule has 1 amide bonds. The van der Waals surface area contributed by atoms with Gasteiger partial charge in [0.2, 0.25) is 5.91 Å². The van der Waals surface area contributed by atoms with Crippen LogP contribution >= 0.6 is 11.6 Å². The fraction of sp³-hybridized carbons (Fsp3) is 0.333.